The molecule has 0 aromatic rings. The molecule has 2 unspecified atom stereocenters. The van der Waals surface area contributed by atoms with E-state index in [9.17, 15) is 0 Å². The number of fused-ring (bicyclic) bond motifs is 2. The lowest BCUT2D eigenvalue weighted by molar-refractivity contribution is -0.00000178. The van der Waals surface area contributed by atoms with Gasteiger partial charge in [-0.25, -0.2) is 0 Å². The first-order valence-corrected chi connectivity index (χ1v) is 4.44. The summed E-state index contributed by atoms with van der Waals surface area (Å²) in [6, 6.07) is 1.75. The van der Waals surface area contributed by atoms with Gasteiger partial charge in [0.2, 0.25) is 0 Å². The lowest BCUT2D eigenvalue weighted by atomic mass is 10.2. The molecule has 2 aliphatic heterocycles. The van der Waals surface area contributed by atoms with Gasteiger partial charge in [0.05, 0.1) is 0 Å². The van der Waals surface area contributed by atoms with Crippen LogP contribution in [0.5, 0.6) is 0 Å². The monoisotopic (exact) mass is 257 g/mol. The predicted molar refractivity (Wildman–Crippen MR) is 38.4 cm³/mol. The van der Waals surface area contributed by atoms with Crippen LogP contribution in [0.1, 0.15) is 14.3 Å². The largest absolute Gasteiger partial charge is 1.00 e. The van der Waals surface area contributed by atoms with Crippen molar-refractivity contribution in [2.45, 2.75) is 24.9 Å². The van der Waals surface area contributed by atoms with E-state index in [4.69, 9.17) is 0 Å². The Labute approximate surface area is 78.9 Å². The van der Waals surface area contributed by atoms with Crippen LogP contribution in [0.2, 0.25) is 0 Å². The second-order valence-corrected chi connectivity index (χ2v) is 3.75. The molecule has 9 heavy (non-hydrogen) atoms. The van der Waals surface area contributed by atoms with Crippen molar-refractivity contribution in [3.05, 3.63) is 0 Å². The van der Waals surface area contributed by atoms with E-state index < -0.39 is 0 Å². The van der Waals surface area contributed by atoms with Crippen LogP contribution in [0.15, 0.2) is 0 Å². The Kier molecular flexibility index (Phi) is 3.11. The van der Waals surface area contributed by atoms with Crippen molar-refractivity contribution < 1.29 is 25.4 Å². The molecular formula is C6H12INS. The Balaban J connectivity index is 0.000000405. The summed E-state index contributed by atoms with van der Waals surface area (Å²) in [7, 11) is 0. The van der Waals surface area contributed by atoms with E-state index in [0.29, 0.717) is 0 Å². The summed E-state index contributed by atoms with van der Waals surface area (Å²) in [5, 5.41) is 3.57. The molecule has 2 bridgehead atoms. The molecule has 2 aliphatic rings. The molecule has 0 aromatic heterocycles. The van der Waals surface area contributed by atoms with Gasteiger partial charge in [-0.3, -0.25) is 0 Å². The summed E-state index contributed by atoms with van der Waals surface area (Å²) < 4.78 is 0. The average Bonchev–Trinajstić information content (AvgIpc) is 2.12. The lowest BCUT2D eigenvalue weighted by Gasteiger charge is -2.19. The number of hydrogen-bond donors (Lipinski definition) is 1. The minimum absolute atomic E-state index is 0. The number of rotatable bonds is 0. The highest BCUT2D eigenvalue weighted by molar-refractivity contribution is 7.99. The molecule has 1 N–H and O–H groups in total. The van der Waals surface area contributed by atoms with Crippen molar-refractivity contribution in [2.75, 3.05) is 11.5 Å². The van der Waals surface area contributed by atoms with Crippen molar-refractivity contribution in [3.8, 4) is 0 Å². The molecule has 2 rings (SSSR count). The molecule has 0 spiro atoms. The average molecular weight is 257 g/mol. The van der Waals surface area contributed by atoms with Gasteiger partial charge in [0.1, 0.15) is 0 Å². The minimum atomic E-state index is 0. The third kappa shape index (κ3) is 1.74. The van der Waals surface area contributed by atoms with Crippen LogP contribution >= 0.6 is 11.8 Å². The standard InChI is InChI=1S/C6H11NS.HI/c1-2-6-4-8-3-5(1)7-6;/h5-7H,1-4H2;1H. The zero-order valence-corrected chi connectivity index (χ0v) is 8.24. The predicted octanol–water partition coefficient (Wildman–Crippen LogP) is -2.03. The van der Waals surface area contributed by atoms with Gasteiger partial charge < -0.3 is 29.3 Å². The van der Waals surface area contributed by atoms with Gasteiger partial charge in [-0.2, -0.15) is 11.8 Å². The normalized spacial score (nSPS) is 40.0. The van der Waals surface area contributed by atoms with Crippen LogP contribution in [-0.2, 0) is 0 Å². The highest BCUT2D eigenvalue weighted by Crippen LogP contribution is 2.24. The SMILES string of the molecule is C1CC2CSCC1N2.[H+].[I-]. The highest BCUT2D eigenvalue weighted by atomic mass is 127. The molecule has 1 nitrogen and oxygen atoms in total. The zero-order chi connectivity index (χ0) is 5.40. The molecule has 3 heteroatoms. The van der Waals surface area contributed by atoms with E-state index in [1.54, 1.807) is 0 Å². The summed E-state index contributed by atoms with van der Waals surface area (Å²) >= 11 is 2.11. The maximum Gasteiger partial charge on any atom is 1.00 e. The third-order valence-corrected chi connectivity index (χ3v) is 3.25. The topological polar surface area (TPSA) is 12.0 Å². The van der Waals surface area contributed by atoms with Crippen molar-refractivity contribution in [1.29, 1.82) is 0 Å². The van der Waals surface area contributed by atoms with Gasteiger partial charge >= 0.3 is 1.43 Å². The number of nitrogens with one attached hydrogen (secondary N) is 1. The summed E-state index contributed by atoms with van der Waals surface area (Å²) in [6.07, 6.45) is 2.86. The molecule has 0 aromatic carbocycles. The van der Waals surface area contributed by atoms with Gasteiger partial charge in [0.25, 0.3) is 0 Å². The molecule has 0 radical (unpaired) electrons. The summed E-state index contributed by atoms with van der Waals surface area (Å²) in [5.74, 6) is 2.72. The van der Waals surface area contributed by atoms with Gasteiger partial charge in [0, 0.05) is 23.6 Å². The maximum absolute atomic E-state index is 3.57. The Bertz CT molecular complexity index is 89.7. The first-order valence-electron chi connectivity index (χ1n) is 3.29. The van der Waals surface area contributed by atoms with E-state index in [2.05, 4.69) is 17.1 Å². The van der Waals surface area contributed by atoms with Crippen LogP contribution in [-0.4, -0.2) is 23.6 Å². The van der Waals surface area contributed by atoms with Gasteiger partial charge in [-0.15, -0.1) is 0 Å². The molecule has 0 saturated carbocycles. The quantitative estimate of drug-likeness (QED) is 0.502. The fraction of sp³-hybridized carbons (Fsp3) is 1.00. The smallest absolute Gasteiger partial charge is 1.00 e. The van der Waals surface area contributed by atoms with Crippen LogP contribution in [0, 0.1) is 0 Å². The fourth-order valence-electron chi connectivity index (χ4n) is 1.52. The lowest BCUT2D eigenvalue weighted by Crippen LogP contribution is -3.00. The summed E-state index contributed by atoms with van der Waals surface area (Å²) in [4.78, 5) is 0. The van der Waals surface area contributed by atoms with E-state index in [1.807, 2.05) is 0 Å². The third-order valence-electron chi connectivity index (χ3n) is 1.97. The van der Waals surface area contributed by atoms with Crippen molar-refractivity contribution in [3.63, 3.8) is 0 Å². The van der Waals surface area contributed by atoms with Crippen LogP contribution in [0.4, 0.5) is 0 Å². The Morgan fingerprint density at radius 1 is 1.22 bits per heavy atom. The first-order chi connectivity index (χ1) is 3.95. The van der Waals surface area contributed by atoms with Crippen molar-refractivity contribution in [2.24, 2.45) is 0 Å². The molecule has 54 valence electrons. The summed E-state index contributed by atoms with van der Waals surface area (Å²) in [5.41, 5.74) is 0. The molecule has 2 fully saturated rings. The van der Waals surface area contributed by atoms with E-state index in [-0.39, 0.29) is 25.4 Å². The molecule has 2 heterocycles. The molecule has 0 amide bonds. The highest BCUT2D eigenvalue weighted by Gasteiger charge is 2.27. The zero-order valence-electron chi connectivity index (χ0n) is 6.27. The van der Waals surface area contributed by atoms with E-state index in [1.165, 1.54) is 24.3 Å². The molecule has 2 saturated heterocycles. The van der Waals surface area contributed by atoms with E-state index in [0.717, 1.165) is 12.1 Å². The first kappa shape index (κ1) is 8.14. The van der Waals surface area contributed by atoms with Gasteiger partial charge in [-0.05, 0) is 12.8 Å². The fourth-order valence-corrected chi connectivity index (χ4v) is 2.75. The second-order valence-electron chi connectivity index (χ2n) is 2.68. The van der Waals surface area contributed by atoms with Crippen LogP contribution < -0.4 is 29.3 Å². The molecule has 0 aliphatic carbocycles. The van der Waals surface area contributed by atoms with Crippen molar-refractivity contribution >= 4 is 11.8 Å². The maximum atomic E-state index is 3.57. The molecule has 2 atom stereocenters. The van der Waals surface area contributed by atoms with Gasteiger partial charge in [-0.1, -0.05) is 0 Å². The van der Waals surface area contributed by atoms with E-state index >= 15 is 0 Å². The number of thioether (sulfide) groups is 1. The van der Waals surface area contributed by atoms with Crippen molar-refractivity contribution in [1.82, 2.24) is 5.32 Å². The molecular weight excluding hydrogens is 245 g/mol. The Morgan fingerprint density at radius 3 is 2.22 bits per heavy atom. The Hall–Kier alpha value is 1.04. The number of halogens is 1. The van der Waals surface area contributed by atoms with Crippen LogP contribution in [0.25, 0.3) is 0 Å². The second kappa shape index (κ2) is 3.44. The minimum Gasteiger partial charge on any atom is -1.00 e. The van der Waals surface area contributed by atoms with Crippen LogP contribution in [0.3, 0.4) is 0 Å². The van der Waals surface area contributed by atoms with Gasteiger partial charge in [0.15, 0.2) is 0 Å². The number of hydrogen-bond acceptors (Lipinski definition) is 2. The Morgan fingerprint density at radius 2 is 1.78 bits per heavy atom. The summed E-state index contributed by atoms with van der Waals surface area (Å²) in [6.45, 7) is 0.